The van der Waals surface area contributed by atoms with Crippen molar-refractivity contribution in [3.63, 3.8) is 0 Å². The zero-order valence-corrected chi connectivity index (χ0v) is 9.78. The Bertz CT molecular complexity index is 514. The van der Waals surface area contributed by atoms with E-state index in [9.17, 15) is 4.79 Å². The number of furan rings is 1. The molecule has 2 rings (SSSR count). The van der Waals surface area contributed by atoms with E-state index in [0.717, 1.165) is 22.8 Å². The van der Waals surface area contributed by atoms with Gasteiger partial charge in [-0.25, -0.2) is 4.79 Å². The first-order chi connectivity index (χ1) is 8.19. The van der Waals surface area contributed by atoms with E-state index in [1.807, 2.05) is 43.3 Å². The van der Waals surface area contributed by atoms with E-state index in [0.29, 0.717) is 0 Å². The van der Waals surface area contributed by atoms with Gasteiger partial charge in [-0.15, -0.1) is 0 Å². The number of hydrogen-bond donors (Lipinski definition) is 2. The van der Waals surface area contributed by atoms with E-state index in [-0.39, 0.29) is 6.03 Å². The largest absolute Gasteiger partial charge is 0.461 e. The molecule has 0 fully saturated rings. The lowest BCUT2D eigenvalue weighted by Gasteiger charge is -2.04. The highest BCUT2D eigenvalue weighted by Crippen LogP contribution is 2.23. The van der Waals surface area contributed by atoms with Gasteiger partial charge in [-0.05, 0) is 43.3 Å². The third-order valence-corrected chi connectivity index (χ3v) is 2.39. The minimum atomic E-state index is -0.230. The number of urea groups is 1. The lowest BCUT2D eigenvalue weighted by Crippen LogP contribution is -2.24. The van der Waals surface area contributed by atoms with Gasteiger partial charge in [-0.2, -0.15) is 0 Å². The van der Waals surface area contributed by atoms with Crippen LogP contribution in [0.3, 0.4) is 0 Å². The number of carbonyl (C=O) groups is 1. The van der Waals surface area contributed by atoms with Crippen molar-refractivity contribution in [2.45, 2.75) is 6.92 Å². The lowest BCUT2D eigenvalue weighted by molar-refractivity contribution is 0.254. The molecule has 0 atom stereocenters. The molecule has 88 valence electrons. The average molecular weight is 230 g/mol. The van der Waals surface area contributed by atoms with Gasteiger partial charge >= 0.3 is 6.03 Å². The van der Waals surface area contributed by atoms with Gasteiger partial charge in [0.1, 0.15) is 11.5 Å². The highest BCUT2D eigenvalue weighted by Gasteiger charge is 2.03. The van der Waals surface area contributed by atoms with Crippen molar-refractivity contribution in [3.8, 4) is 11.3 Å². The molecule has 0 saturated heterocycles. The van der Waals surface area contributed by atoms with Crippen LogP contribution in [0.25, 0.3) is 11.3 Å². The quantitative estimate of drug-likeness (QED) is 0.833. The van der Waals surface area contributed by atoms with Crippen molar-refractivity contribution in [2.24, 2.45) is 0 Å². The summed E-state index contributed by atoms with van der Waals surface area (Å²) in [5.41, 5.74) is 1.73. The summed E-state index contributed by atoms with van der Waals surface area (Å²) in [4.78, 5) is 11.1. The Morgan fingerprint density at radius 1 is 1.12 bits per heavy atom. The Morgan fingerprint density at radius 3 is 2.35 bits per heavy atom. The summed E-state index contributed by atoms with van der Waals surface area (Å²) in [7, 11) is 1.58. The third kappa shape index (κ3) is 2.66. The number of anilines is 1. The Balaban J connectivity index is 2.15. The van der Waals surface area contributed by atoms with E-state index >= 15 is 0 Å². The van der Waals surface area contributed by atoms with Crippen LogP contribution >= 0.6 is 0 Å². The van der Waals surface area contributed by atoms with Crippen LogP contribution in [0.2, 0.25) is 0 Å². The number of carbonyl (C=O) groups excluding carboxylic acids is 1. The fourth-order valence-corrected chi connectivity index (χ4v) is 1.50. The molecule has 0 spiro atoms. The number of aryl methyl sites for hydroxylation is 1. The van der Waals surface area contributed by atoms with Gasteiger partial charge in [-0.3, -0.25) is 0 Å². The number of nitrogens with one attached hydrogen (secondary N) is 2. The zero-order valence-electron chi connectivity index (χ0n) is 9.78. The second-order valence-electron chi connectivity index (χ2n) is 3.69. The predicted octanol–water partition coefficient (Wildman–Crippen LogP) is 3.01. The Labute approximate surface area is 99.6 Å². The highest BCUT2D eigenvalue weighted by atomic mass is 16.3. The molecule has 2 N–H and O–H groups in total. The number of rotatable bonds is 2. The summed E-state index contributed by atoms with van der Waals surface area (Å²) >= 11 is 0. The molecule has 0 radical (unpaired) electrons. The summed E-state index contributed by atoms with van der Waals surface area (Å²) < 4.78 is 5.51. The minimum absolute atomic E-state index is 0.230. The van der Waals surface area contributed by atoms with Gasteiger partial charge in [0.15, 0.2) is 0 Å². The summed E-state index contributed by atoms with van der Waals surface area (Å²) in [5, 5.41) is 5.19. The maximum absolute atomic E-state index is 11.1. The van der Waals surface area contributed by atoms with Crippen molar-refractivity contribution >= 4 is 11.7 Å². The molecule has 17 heavy (non-hydrogen) atoms. The molecular formula is C13H14N2O2. The molecule has 1 heterocycles. The molecule has 0 aliphatic carbocycles. The lowest BCUT2D eigenvalue weighted by atomic mass is 10.1. The van der Waals surface area contributed by atoms with E-state index in [1.165, 1.54) is 0 Å². The predicted molar refractivity (Wildman–Crippen MR) is 67.0 cm³/mol. The van der Waals surface area contributed by atoms with Crippen LogP contribution in [0.5, 0.6) is 0 Å². The minimum Gasteiger partial charge on any atom is -0.461 e. The van der Waals surface area contributed by atoms with Gasteiger partial charge in [0.05, 0.1) is 0 Å². The van der Waals surface area contributed by atoms with E-state index in [2.05, 4.69) is 10.6 Å². The van der Waals surface area contributed by atoms with Gasteiger partial charge < -0.3 is 15.1 Å². The molecule has 4 nitrogen and oxygen atoms in total. The Morgan fingerprint density at radius 2 is 1.82 bits per heavy atom. The second kappa shape index (κ2) is 4.74. The molecular weight excluding hydrogens is 216 g/mol. The molecule has 0 saturated carbocycles. The van der Waals surface area contributed by atoms with E-state index in [4.69, 9.17) is 4.42 Å². The van der Waals surface area contributed by atoms with E-state index in [1.54, 1.807) is 7.05 Å². The van der Waals surface area contributed by atoms with Crippen molar-refractivity contribution < 1.29 is 9.21 Å². The van der Waals surface area contributed by atoms with Gasteiger partial charge in [0, 0.05) is 18.3 Å². The molecule has 0 aliphatic heterocycles. The van der Waals surface area contributed by atoms with Crippen molar-refractivity contribution in [3.05, 3.63) is 42.2 Å². The van der Waals surface area contributed by atoms with Crippen LogP contribution in [-0.2, 0) is 0 Å². The molecule has 2 aromatic rings. The first-order valence-corrected chi connectivity index (χ1v) is 5.34. The normalized spacial score (nSPS) is 10.0. The summed E-state index contributed by atoms with van der Waals surface area (Å²) in [6.45, 7) is 1.91. The van der Waals surface area contributed by atoms with Crippen molar-refractivity contribution in [1.82, 2.24) is 5.32 Å². The van der Waals surface area contributed by atoms with Crippen LogP contribution in [0.15, 0.2) is 40.8 Å². The SMILES string of the molecule is CNC(=O)Nc1ccc(-c2ccc(C)o2)cc1. The van der Waals surface area contributed by atoms with Gasteiger partial charge in [-0.1, -0.05) is 0 Å². The Hall–Kier alpha value is -2.23. The fourth-order valence-electron chi connectivity index (χ4n) is 1.50. The molecule has 0 aliphatic rings. The first kappa shape index (κ1) is 11.3. The molecule has 4 heteroatoms. The number of hydrogen-bond acceptors (Lipinski definition) is 2. The van der Waals surface area contributed by atoms with E-state index < -0.39 is 0 Å². The Kier molecular flexibility index (Phi) is 3.14. The standard InChI is InChI=1S/C13H14N2O2/c1-9-3-8-12(17-9)10-4-6-11(7-5-10)15-13(16)14-2/h3-8H,1-2H3,(H2,14,15,16). The summed E-state index contributed by atoms with van der Waals surface area (Å²) in [6, 6.07) is 11.1. The topological polar surface area (TPSA) is 54.3 Å². The average Bonchev–Trinajstić information content (AvgIpc) is 2.77. The number of benzene rings is 1. The summed E-state index contributed by atoms with van der Waals surface area (Å²) in [5.74, 6) is 1.71. The molecule has 1 aromatic carbocycles. The van der Waals surface area contributed by atoms with Crippen LogP contribution in [0.4, 0.5) is 10.5 Å². The summed E-state index contributed by atoms with van der Waals surface area (Å²) in [6.07, 6.45) is 0. The third-order valence-electron chi connectivity index (χ3n) is 2.39. The molecule has 0 bridgehead atoms. The van der Waals surface area contributed by atoms with Crippen molar-refractivity contribution in [1.29, 1.82) is 0 Å². The van der Waals surface area contributed by atoms with Crippen LogP contribution in [0, 0.1) is 6.92 Å². The van der Waals surface area contributed by atoms with Crippen LogP contribution in [-0.4, -0.2) is 13.1 Å². The zero-order chi connectivity index (χ0) is 12.3. The number of amides is 2. The van der Waals surface area contributed by atoms with Crippen LogP contribution < -0.4 is 10.6 Å². The molecule has 0 unspecified atom stereocenters. The maximum Gasteiger partial charge on any atom is 0.318 e. The smallest absolute Gasteiger partial charge is 0.318 e. The van der Waals surface area contributed by atoms with Gasteiger partial charge in [0.25, 0.3) is 0 Å². The van der Waals surface area contributed by atoms with Crippen molar-refractivity contribution in [2.75, 3.05) is 12.4 Å². The first-order valence-electron chi connectivity index (χ1n) is 5.34. The van der Waals surface area contributed by atoms with Crippen LogP contribution in [0.1, 0.15) is 5.76 Å². The fraction of sp³-hybridized carbons (Fsp3) is 0.154. The van der Waals surface area contributed by atoms with Gasteiger partial charge in [0.2, 0.25) is 0 Å². The highest BCUT2D eigenvalue weighted by molar-refractivity contribution is 5.89. The second-order valence-corrected chi connectivity index (χ2v) is 3.69. The molecule has 2 amide bonds. The maximum atomic E-state index is 11.1. The molecule has 1 aromatic heterocycles. The monoisotopic (exact) mass is 230 g/mol.